The van der Waals surface area contributed by atoms with Gasteiger partial charge in [0.05, 0.1) is 19.0 Å². The number of benzene rings is 1. The molecule has 1 saturated heterocycles. The van der Waals surface area contributed by atoms with Crippen LogP contribution in [0.25, 0.3) is 0 Å². The third kappa shape index (κ3) is 4.23. The van der Waals surface area contributed by atoms with Crippen molar-refractivity contribution in [1.82, 2.24) is 4.90 Å². The number of carbonyl (C=O) groups excluding carboxylic acids is 1. The predicted molar refractivity (Wildman–Crippen MR) is 94.6 cm³/mol. The summed E-state index contributed by atoms with van der Waals surface area (Å²) in [6.07, 6.45) is 3.16. The minimum atomic E-state index is -0.232. The van der Waals surface area contributed by atoms with E-state index in [1.54, 1.807) is 19.2 Å². The lowest BCUT2D eigenvalue weighted by Crippen LogP contribution is -2.48. The monoisotopic (exact) mass is 343 g/mol. The van der Waals surface area contributed by atoms with Crippen LogP contribution < -0.4 is 4.74 Å². The molecule has 2 aromatic rings. The lowest BCUT2D eigenvalue weighted by molar-refractivity contribution is -0.0795. The van der Waals surface area contributed by atoms with Crippen molar-refractivity contribution in [3.8, 4) is 5.75 Å². The normalized spacial score (nSPS) is 19.4. The molecular weight excluding hydrogens is 318 g/mol. The molecule has 0 aliphatic carbocycles. The highest BCUT2D eigenvalue weighted by Crippen LogP contribution is 2.29. The fourth-order valence-electron chi connectivity index (χ4n) is 3.30. The Bertz CT molecular complexity index is 691. The Kier molecular flexibility index (Phi) is 5.13. The molecule has 1 amide bonds. The molecule has 1 aromatic heterocycles. The molecule has 5 heteroatoms. The average Bonchev–Trinajstić information content (AvgIpc) is 3.13. The second-order valence-electron chi connectivity index (χ2n) is 7.01. The summed E-state index contributed by atoms with van der Waals surface area (Å²) in [5.41, 5.74) is 0.829. The Labute approximate surface area is 148 Å². The van der Waals surface area contributed by atoms with Gasteiger partial charge < -0.3 is 18.8 Å². The Morgan fingerprint density at radius 1 is 1.28 bits per heavy atom. The first-order chi connectivity index (χ1) is 12.0. The van der Waals surface area contributed by atoms with Gasteiger partial charge in [0.1, 0.15) is 5.75 Å². The summed E-state index contributed by atoms with van der Waals surface area (Å²) < 4.78 is 16.4. The third-order valence-electron chi connectivity index (χ3n) is 4.62. The largest absolute Gasteiger partial charge is 0.497 e. The minimum Gasteiger partial charge on any atom is -0.497 e. The van der Waals surface area contributed by atoms with E-state index >= 15 is 0 Å². The summed E-state index contributed by atoms with van der Waals surface area (Å²) in [6, 6.07) is 11.4. The van der Waals surface area contributed by atoms with Crippen LogP contribution in [0.3, 0.4) is 0 Å². The maximum absolute atomic E-state index is 13.0. The molecule has 0 unspecified atom stereocenters. The van der Waals surface area contributed by atoms with Gasteiger partial charge in [0.2, 0.25) is 0 Å². The molecule has 3 rings (SSSR count). The average molecular weight is 343 g/mol. The van der Waals surface area contributed by atoms with Gasteiger partial charge in [-0.25, -0.2) is 0 Å². The lowest BCUT2D eigenvalue weighted by atomic mass is 9.92. The minimum absolute atomic E-state index is 0.0801. The van der Waals surface area contributed by atoms with Crippen LogP contribution in [-0.2, 0) is 11.3 Å². The zero-order chi connectivity index (χ0) is 17.9. The van der Waals surface area contributed by atoms with E-state index in [0.29, 0.717) is 18.9 Å². The highest BCUT2D eigenvalue weighted by molar-refractivity contribution is 5.91. The Hall–Kier alpha value is -2.27. The molecule has 0 spiro atoms. The van der Waals surface area contributed by atoms with Gasteiger partial charge in [-0.05, 0) is 56.5 Å². The molecule has 1 atom stereocenters. The van der Waals surface area contributed by atoms with Gasteiger partial charge in [-0.1, -0.05) is 12.1 Å². The predicted octanol–water partition coefficient (Wildman–Crippen LogP) is 3.89. The first-order valence-corrected chi connectivity index (χ1v) is 8.60. The second kappa shape index (κ2) is 7.31. The van der Waals surface area contributed by atoms with Crippen molar-refractivity contribution in [2.24, 2.45) is 0 Å². The van der Waals surface area contributed by atoms with Crippen molar-refractivity contribution in [3.63, 3.8) is 0 Å². The van der Waals surface area contributed by atoms with Crippen LogP contribution >= 0.6 is 0 Å². The van der Waals surface area contributed by atoms with Crippen LogP contribution in [0.1, 0.15) is 42.8 Å². The molecule has 0 bridgehead atoms. The van der Waals surface area contributed by atoms with Crippen LogP contribution in [-0.4, -0.2) is 36.2 Å². The third-order valence-corrected chi connectivity index (χ3v) is 4.62. The fraction of sp³-hybridized carbons (Fsp3) is 0.450. The number of nitrogens with zero attached hydrogens (tertiary/aromatic N) is 1. The summed E-state index contributed by atoms with van der Waals surface area (Å²) in [5, 5.41) is 0. The Morgan fingerprint density at radius 2 is 2.04 bits per heavy atom. The van der Waals surface area contributed by atoms with E-state index in [9.17, 15) is 4.79 Å². The molecule has 0 radical (unpaired) electrons. The quantitative estimate of drug-likeness (QED) is 0.826. The number of hydrogen-bond donors (Lipinski definition) is 0. The first kappa shape index (κ1) is 17.5. The highest BCUT2D eigenvalue weighted by Gasteiger charge is 2.35. The summed E-state index contributed by atoms with van der Waals surface area (Å²) in [6.45, 7) is 5.33. The van der Waals surface area contributed by atoms with Crippen molar-refractivity contribution in [2.75, 3.05) is 13.7 Å². The van der Waals surface area contributed by atoms with E-state index in [4.69, 9.17) is 13.9 Å². The summed E-state index contributed by atoms with van der Waals surface area (Å²) >= 11 is 0. The zero-order valence-corrected chi connectivity index (χ0v) is 15.0. The van der Waals surface area contributed by atoms with E-state index in [0.717, 1.165) is 24.2 Å². The van der Waals surface area contributed by atoms with Crippen LogP contribution in [0.15, 0.2) is 47.1 Å². The van der Waals surface area contributed by atoms with Crippen molar-refractivity contribution < 1.29 is 18.7 Å². The number of furan rings is 1. The number of rotatable bonds is 5. The molecule has 1 fully saturated rings. The summed E-state index contributed by atoms with van der Waals surface area (Å²) in [7, 11) is 1.64. The molecule has 2 heterocycles. The fourth-order valence-corrected chi connectivity index (χ4v) is 3.30. The van der Waals surface area contributed by atoms with Gasteiger partial charge in [0.25, 0.3) is 5.91 Å². The van der Waals surface area contributed by atoms with Crippen LogP contribution in [0.5, 0.6) is 5.75 Å². The standard InChI is InChI=1S/C20H25NO4/c1-20(2)13-16(10-12-25-20)21(19(22)18-5-4-11-24-18)14-15-6-8-17(23-3)9-7-15/h4-9,11,16H,10,12-14H2,1-3H3/t16-/m0/s1. The molecule has 0 N–H and O–H groups in total. The van der Waals surface area contributed by atoms with E-state index in [2.05, 4.69) is 13.8 Å². The van der Waals surface area contributed by atoms with Crippen LogP contribution in [0, 0.1) is 0 Å². The van der Waals surface area contributed by atoms with E-state index in [-0.39, 0.29) is 17.6 Å². The van der Waals surface area contributed by atoms with Gasteiger partial charge in [0.15, 0.2) is 5.76 Å². The number of carbonyl (C=O) groups is 1. The van der Waals surface area contributed by atoms with Crippen molar-refractivity contribution in [2.45, 2.75) is 44.9 Å². The van der Waals surface area contributed by atoms with E-state index in [1.807, 2.05) is 29.2 Å². The summed E-state index contributed by atoms with van der Waals surface area (Å²) in [5.74, 6) is 1.10. The second-order valence-corrected chi connectivity index (χ2v) is 7.01. The van der Waals surface area contributed by atoms with Crippen molar-refractivity contribution in [1.29, 1.82) is 0 Å². The van der Waals surface area contributed by atoms with Crippen LogP contribution in [0.4, 0.5) is 0 Å². The number of amides is 1. The first-order valence-electron chi connectivity index (χ1n) is 8.60. The molecular formula is C20H25NO4. The number of hydrogen-bond acceptors (Lipinski definition) is 4. The molecule has 1 aliphatic rings. The maximum atomic E-state index is 13.0. The van der Waals surface area contributed by atoms with Gasteiger partial charge in [-0.3, -0.25) is 4.79 Å². The molecule has 25 heavy (non-hydrogen) atoms. The number of methoxy groups -OCH3 is 1. The van der Waals surface area contributed by atoms with E-state index < -0.39 is 0 Å². The molecule has 5 nitrogen and oxygen atoms in total. The molecule has 1 aromatic carbocycles. The summed E-state index contributed by atoms with van der Waals surface area (Å²) in [4.78, 5) is 14.9. The Balaban J connectivity index is 1.84. The van der Waals surface area contributed by atoms with Crippen molar-refractivity contribution in [3.05, 3.63) is 54.0 Å². The molecule has 1 aliphatic heterocycles. The highest BCUT2D eigenvalue weighted by atomic mass is 16.5. The SMILES string of the molecule is COc1ccc(CN(C(=O)c2ccco2)[C@H]2CCOC(C)(C)C2)cc1. The molecule has 0 saturated carbocycles. The number of ether oxygens (including phenoxy) is 2. The van der Waals surface area contributed by atoms with E-state index in [1.165, 1.54) is 6.26 Å². The van der Waals surface area contributed by atoms with Crippen LogP contribution in [0.2, 0.25) is 0 Å². The van der Waals surface area contributed by atoms with Gasteiger partial charge in [0, 0.05) is 19.2 Å². The lowest BCUT2D eigenvalue weighted by Gasteiger charge is -2.41. The topological polar surface area (TPSA) is 51.9 Å². The smallest absolute Gasteiger partial charge is 0.290 e. The van der Waals surface area contributed by atoms with Gasteiger partial charge >= 0.3 is 0 Å². The van der Waals surface area contributed by atoms with Gasteiger partial charge in [-0.2, -0.15) is 0 Å². The molecule has 134 valence electrons. The van der Waals surface area contributed by atoms with Crippen molar-refractivity contribution >= 4 is 5.91 Å². The maximum Gasteiger partial charge on any atom is 0.290 e. The zero-order valence-electron chi connectivity index (χ0n) is 15.0. The Morgan fingerprint density at radius 3 is 2.64 bits per heavy atom. The van der Waals surface area contributed by atoms with Gasteiger partial charge in [-0.15, -0.1) is 0 Å².